The van der Waals surface area contributed by atoms with Gasteiger partial charge in [-0.3, -0.25) is 4.68 Å². The molecule has 0 amide bonds. The van der Waals surface area contributed by atoms with Crippen LogP contribution in [-0.2, 0) is 6.54 Å². The predicted octanol–water partition coefficient (Wildman–Crippen LogP) is 1.71. The molecule has 2 rings (SSSR count). The smallest absolute Gasteiger partial charge is 0.161 e. The Bertz CT molecular complexity index is 601. The Balaban J connectivity index is 2.36. The fraction of sp³-hybridized carbons (Fsp3) is 0.533. The maximum Gasteiger partial charge on any atom is 0.161 e. The molecule has 0 radical (unpaired) electrons. The van der Waals surface area contributed by atoms with Crippen LogP contribution in [0.4, 0.5) is 0 Å². The van der Waals surface area contributed by atoms with Crippen LogP contribution in [0.1, 0.15) is 28.8 Å². The number of hydrogen-bond acceptors (Lipinski definition) is 5. The molecule has 0 aliphatic rings. The summed E-state index contributed by atoms with van der Waals surface area (Å²) in [4.78, 5) is 2.11. The second-order valence-corrected chi connectivity index (χ2v) is 5.47. The minimum absolute atomic E-state index is 0.318. The van der Waals surface area contributed by atoms with Crippen molar-refractivity contribution in [2.75, 3.05) is 27.7 Å². The number of aryl methyl sites for hydroxylation is 2. The molecule has 0 aromatic carbocycles. The molecule has 2 N–H and O–H groups in total. The molecule has 0 spiro atoms. The number of nitrogens with two attached hydrogens (primary N) is 1. The molecule has 2 aromatic heterocycles. The summed E-state index contributed by atoms with van der Waals surface area (Å²) in [6, 6.07) is 1.66. The van der Waals surface area contributed by atoms with Crippen LogP contribution in [0.25, 0.3) is 0 Å². The molecule has 1 unspecified atom stereocenters. The van der Waals surface area contributed by atoms with Gasteiger partial charge in [0.15, 0.2) is 5.75 Å². The lowest BCUT2D eigenvalue weighted by molar-refractivity contribution is 0.363. The summed E-state index contributed by atoms with van der Waals surface area (Å²) in [5.41, 5.74) is 8.29. The zero-order valence-corrected chi connectivity index (χ0v) is 13.4. The molecule has 0 aliphatic heterocycles. The molecule has 2 heterocycles. The fourth-order valence-electron chi connectivity index (χ4n) is 2.43. The molecule has 21 heavy (non-hydrogen) atoms. The van der Waals surface area contributed by atoms with Crippen molar-refractivity contribution in [1.82, 2.24) is 14.7 Å². The minimum atomic E-state index is -0.318. The molecule has 0 bridgehead atoms. The lowest BCUT2D eigenvalue weighted by atomic mass is 10.0. The number of furan rings is 1. The quantitative estimate of drug-likeness (QED) is 0.877. The monoisotopic (exact) mass is 292 g/mol. The molecular weight excluding hydrogens is 268 g/mol. The van der Waals surface area contributed by atoms with E-state index in [0.717, 1.165) is 35.9 Å². The van der Waals surface area contributed by atoms with Gasteiger partial charge in [0.2, 0.25) is 0 Å². The molecule has 2 aromatic rings. The summed E-state index contributed by atoms with van der Waals surface area (Å²) in [6.45, 7) is 5.49. The van der Waals surface area contributed by atoms with E-state index in [-0.39, 0.29) is 6.04 Å². The van der Waals surface area contributed by atoms with Gasteiger partial charge in [0.25, 0.3) is 0 Å². The van der Waals surface area contributed by atoms with Crippen molar-refractivity contribution in [3.05, 3.63) is 35.0 Å². The molecular formula is C15H24N4O2. The number of likely N-dealkylation sites (N-methyl/N-ethyl adjacent to an activating group) is 1. The first kappa shape index (κ1) is 15.6. The Kier molecular flexibility index (Phi) is 4.69. The van der Waals surface area contributed by atoms with Crippen molar-refractivity contribution in [2.24, 2.45) is 5.73 Å². The van der Waals surface area contributed by atoms with Crippen LogP contribution in [0, 0.1) is 13.8 Å². The maximum atomic E-state index is 6.44. The van der Waals surface area contributed by atoms with Gasteiger partial charge in [-0.05, 0) is 34.0 Å². The highest BCUT2D eigenvalue weighted by molar-refractivity contribution is 5.37. The highest BCUT2D eigenvalue weighted by Crippen LogP contribution is 2.31. The zero-order valence-electron chi connectivity index (χ0n) is 13.4. The van der Waals surface area contributed by atoms with Gasteiger partial charge in [-0.15, -0.1) is 0 Å². The van der Waals surface area contributed by atoms with Crippen molar-refractivity contribution in [3.63, 3.8) is 0 Å². The Morgan fingerprint density at radius 1 is 1.43 bits per heavy atom. The predicted molar refractivity (Wildman–Crippen MR) is 81.5 cm³/mol. The van der Waals surface area contributed by atoms with E-state index in [0.29, 0.717) is 5.75 Å². The third kappa shape index (κ3) is 3.28. The van der Waals surface area contributed by atoms with Crippen molar-refractivity contribution >= 4 is 0 Å². The second-order valence-electron chi connectivity index (χ2n) is 5.47. The summed E-state index contributed by atoms with van der Waals surface area (Å²) in [6.07, 6.45) is 1.72. The van der Waals surface area contributed by atoms with Gasteiger partial charge in [0, 0.05) is 12.1 Å². The van der Waals surface area contributed by atoms with Crippen molar-refractivity contribution in [3.8, 4) is 5.75 Å². The Morgan fingerprint density at radius 2 is 2.14 bits per heavy atom. The number of methoxy groups -OCH3 is 1. The average molecular weight is 292 g/mol. The number of hydrogen-bond donors (Lipinski definition) is 1. The van der Waals surface area contributed by atoms with E-state index < -0.39 is 0 Å². The Morgan fingerprint density at radius 3 is 2.67 bits per heavy atom. The lowest BCUT2D eigenvalue weighted by Crippen LogP contribution is -2.23. The van der Waals surface area contributed by atoms with E-state index in [1.165, 1.54) is 0 Å². The van der Waals surface area contributed by atoms with Crippen LogP contribution >= 0.6 is 0 Å². The van der Waals surface area contributed by atoms with Crippen molar-refractivity contribution in [2.45, 2.75) is 26.4 Å². The van der Waals surface area contributed by atoms with E-state index in [4.69, 9.17) is 14.9 Å². The SMILES string of the molecule is COc1cnn(CCN(C)C)c1C(N)c1cc(C)oc1C. The van der Waals surface area contributed by atoms with Gasteiger partial charge in [0.05, 0.1) is 25.9 Å². The summed E-state index contributed by atoms with van der Waals surface area (Å²) < 4.78 is 12.9. The number of ether oxygens (including phenoxy) is 1. The van der Waals surface area contributed by atoms with Crippen LogP contribution in [0.5, 0.6) is 5.75 Å². The van der Waals surface area contributed by atoms with Crippen molar-refractivity contribution < 1.29 is 9.15 Å². The van der Waals surface area contributed by atoms with E-state index in [2.05, 4.69) is 10.00 Å². The third-order valence-electron chi connectivity index (χ3n) is 3.53. The van der Waals surface area contributed by atoms with Gasteiger partial charge in [0.1, 0.15) is 17.2 Å². The van der Waals surface area contributed by atoms with Gasteiger partial charge in [-0.25, -0.2) is 0 Å². The fourth-order valence-corrected chi connectivity index (χ4v) is 2.43. The summed E-state index contributed by atoms with van der Waals surface area (Å²) in [5, 5.41) is 4.40. The minimum Gasteiger partial charge on any atom is -0.493 e. The number of aromatic nitrogens is 2. The molecule has 1 atom stereocenters. The molecule has 116 valence electrons. The molecule has 0 aliphatic carbocycles. The van der Waals surface area contributed by atoms with Crippen LogP contribution in [-0.4, -0.2) is 42.4 Å². The summed E-state index contributed by atoms with van der Waals surface area (Å²) >= 11 is 0. The highest BCUT2D eigenvalue weighted by atomic mass is 16.5. The molecule has 6 nitrogen and oxygen atoms in total. The number of rotatable bonds is 6. The van der Waals surface area contributed by atoms with E-state index in [9.17, 15) is 0 Å². The van der Waals surface area contributed by atoms with Crippen LogP contribution < -0.4 is 10.5 Å². The first-order chi connectivity index (χ1) is 9.93. The van der Waals surface area contributed by atoms with E-state index >= 15 is 0 Å². The van der Waals surface area contributed by atoms with Crippen LogP contribution in [0.2, 0.25) is 0 Å². The van der Waals surface area contributed by atoms with Gasteiger partial charge in [-0.1, -0.05) is 0 Å². The van der Waals surface area contributed by atoms with E-state index in [1.54, 1.807) is 13.3 Å². The normalized spacial score (nSPS) is 12.9. The Labute approximate surface area is 125 Å². The first-order valence-electron chi connectivity index (χ1n) is 7.01. The lowest BCUT2D eigenvalue weighted by Gasteiger charge is -2.17. The third-order valence-corrected chi connectivity index (χ3v) is 3.53. The maximum absolute atomic E-state index is 6.44. The zero-order chi connectivity index (χ0) is 15.6. The van der Waals surface area contributed by atoms with E-state index in [1.807, 2.05) is 38.7 Å². The van der Waals surface area contributed by atoms with Crippen LogP contribution in [0.15, 0.2) is 16.7 Å². The van der Waals surface area contributed by atoms with Crippen LogP contribution in [0.3, 0.4) is 0 Å². The standard InChI is InChI=1S/C15H24N4O2/c1-10-8-12(11(2)21-10)14(16)15-13(20-5)9-17-19(15)7-6-18(3)4/h8-9,14H,6-7,16H2,1-5H3. The molecule has 0 saturated carbocycles. The van der Waals surface area contributed by atoms with Crippen molar-refractivity contribution in [1.29, 1.82) is 0 Å². The van der Waals surface area contributed by atoms with Gasteiger partial charge >= 0.3 is 0 Å². The molecule has 0 saturated heterocycles. The highest BCUT2D eigenvalue weighted by Gasteiger charge is 2.23. The topological polar surface area (TPSA) is 69.5 Å². The first-order valence-corrected chi connectivity index (χ1v) is 7.01. The number of nitrogens with zero attached hydrogens (tertiary/aromatic N) is 3. The second kappa shape index (κ2) is 6.32. The van der Waals surface area contributed by atoms with Gasteiger partial charge in [-0.2, -0.15) is 5.10 Å². The van der Waals surface area contributed by atoms with Gasteiger partial charge < -0.3 is 19.8 Å². The summed E-state index contributed by atoms with van der Waals surface area (Å²) in [7, 11) is 5.70. The summed E-state index contributed by atoms with van der Waals surface area (Å²) in [5.74, 6) is 2.40. The average Bonchev–Trinajstić information content (AvgIpc) is 2.98. The largest absolute Gasteiger partial charge is 0.493 e. The molecule has 0 fully saturated rings. The Hall–Kier alpha value is -1.79. The molecule has 6 heteroatoms.